The summed E-state index contributed by atoms with van der Waals surface area (Å²) in [6.07, 6.45) is 1.28. The number of rotatable bonds is 4. The first-order valence-corrected chi connectivity index (χ1v) is 7.10. The van der Waals surface area contributed by atoms with Crippen LogP contribution in [0.5, 0.6) is 5.75 Å². The van der Waals surface area contributed by atoms with Crippen LogP contribution in [0.3, 0.4) is 0 Å². The van der Waals surface area contributed by atoms with Crippen molar-refractivity contribution in [1.29, 1.82) is 0 Å². The van der Waals surface area contributed by atoms with Gasteiger partial charge in [0.2, 0.25) is 0 Å². The first kappa shape index (κ1) is 17.1. The number of ether oxygens (including phenoxy) is 2. The highest BCUT2D eigenvalue weighted by Crippen LogP contribution is 2.24. The second-order valence-electron chi connectivity index (χ2n) is 4.35. The zero-order valence-corrected chi connectivity index (χ0v) is 13.7. The molecule has 0 unspecified atom stereocenters. The first-order chi connectivity index (χ1) is 11.0. The van der Waals surface area contributed by atoms with Crippen LogP contribution in [-0.4, -0.2) is 31.1 Å². The number of carbonyl (C=O) groups excluding carboxylic acids is 2. The Morgan fingerprint density at radius 3 is 2.52 bits per heavy atom. The summed E-state index contributed by atoms with van der Waals surface area (Å²) >= 11 is 11.6. The van der Waals surface area contributed by atoms with Gasteiger partial charge in [-0.1, -0.05) is 23.2 Å². The van der Waals surface area contributed by atoms with Crippen LogP contribution >= 0.6 is 23.2 Å². The Labute approximate surface area is 142 Å². The van der Waals surface area contributed by atoms with Gasteiger partial charge in [0.05, 0.1) is 36.1 Å². The van der Waals surface area contributed by atoms with E-state index in [9.17, 15) is 9.59 Å². The van der Waals surface area contributed by atoms with Gasteiger partial charge in [0.1, 0.15) is 10.9 Å². The number of aromatic nitrogens is 1. The van der Waals surface area contributed by atoms with Gasteiger partial charge in [-0.05, 0) is 24.3 Å². The molecule has 0 spiro atoms. The fourth-order valence-corrected chi connectivity index (χ4v) is 2.05. The van der Waals surface area contributed by atoms with Gasteiger partial charge in [0.25, 0.3) is 5.91 Å². The van der Waals surface area contributed by atoms with Crippen LogP contribution in [-0.2, 0) is 4.74 Å². The molecule has 0 aliphatic rings. The predicted molar refractivity (Wildman–Crippen MR) is 86.5 cm³/mol. The lowest BCUT2D eigenvalue weighted by atomic mass is 10.1. The number of nitrogens with zero attached hydrogens (tertiary/aromatic N) is 1. The molecule has 1 heterocycles. The Hall–Kier alpha value is -2.31. The molecule has 0 fully saturated rings. The summed E-state index contributed by atoms with van der Waals surface area (Å²) in [6, 6.07) is 5.99. The molecule has 8 heteroatoms. The molecular weight excluding hydrogens is 343 g/mol. The number of hydrogen-bond acceptors (Lipinski definition) is 5. The third-order valence-electron chi connectivity index (χ3n) is 2.94. The van der Waals surface area contributed by atoms with E-state index in [2.05, 4.69) is 10.3 Å². The highest BCUT2D eigenvalue weighted by molar-refractivity contribution is 6.41. The summed E-state index contributed by atoms with van der Waals surface area (Å²) < 4.78 is 9.76. The summed E-state index contributed by atoms with van der Waals surface area (Å²) in [5.74, 6) is -0.641. The van der Waals surface area contributed by atoms with E-state index in [1.54, 1.807) is 6.07 Å². The van der Waals surface area contributed by atoms with Crippen molar-refractivity contribution in [2.24, 2.45) is 0 Å². The van der Waals surface area contributed by atoms with Crippen LogP contribution in [0.4, 0.5) is 5.69 Å². The lowest BCUT2D eigenvalue weighted by Crippen LogP contribution is -2.16. The maximum atomic E-state index is 12.3. The number of esters is 1. The summed E-state index contributed by atoms with van der Waals surface area (Å²) in [5, 5.41) is 2.86. The fraction of sp³-hybridized carbons (Fsp3) is 0.133. The minimum absolute atomic E-state index is 0.0999. The monoisotopic (exact) mass is 354 g/mol. The molecule has 2 rings (SSSR count). The molecule has 2 aromatic rings. The molecule has 6 nitrogen and oxygen atoms in total. The van der Waals surface area contributed by atoms with E-state index in [0.717, 1.165) is 0 Å². The van der Waals surface area contributed by atoms with Crippen LogP contribution in [0, 0.1) is 0 Å². The summed E-state index contributed by atoms with van der Waals surface area (Å²) in [7, 11) is 2.71. The summed E-state index contributed by atoms with van der Waals surface area (Å²) in [4.78, 5) is 27.9. The topological polar surface area (TPSA) is 77.5 Å². The minimum Gasteiger partial charge on any atom is -0.497 e. The van der Waals surface area contributed by atoms with Crippen LogP contribution in [0.15, 0.2) is 30.5 Å². The van der Waals surface area contributed by atoms with Crippen molar-refractivity contribution in [2.75, 3.05) is 19.5 Å². The van der Waals surface area contributed by atoms with Crippen molar-refractivity contribution in [2.45, 2.75) is 0 Å². The van der Waals surface area contributed by atoms with E-state index in [-0.39, 0.29) is 27.0 Å². The number of nitrogens with one attached hydrogen (secondary N) is 1. The summed E-state index contributed by atoms with van der Waals surface area (Å²) in [6.45, 7) is 0. The molecule has 120 valence electrons. The number of pyridine rings is 1. The standard InChI is InChI=1S/C15H12Cl2N2O4/c1-22-9-3-4-12(10(6-9)15(21)23-2)19-14(20)8-5-11(16)13(17)18-7-8/h3-7H,1-2H3,(H,19,20). The van der Waals surface area contributed by atoms with Gasteiger partial charge >= 0.3 is 5.97 Å². The van der Waals surface area contributed by atoms with Crippen LogP contribution in [0.25, 0.3) is 0 Å². The van der Waals surface area contributed by atoms with Gasteiger partial charge in [0.15, 0.2) is 0 Å². The molecule has 0 aliphatic heterocycles. The minimum atomic E-state index is -0.605. The molecule has 1 aromatic heterocycles. The first-order valence-electron chi connectivity index (χ1n) is 6.35. The van der Waals surface area contributed by atoms with Crippen LogP contribution in [0.1, 0.15) is 20.7 Å². The highest BCUT2D eigenvalue weighted by atomic mass is 35.5. The smallest absolute Gasteiger partial charge is 0.340 e. The predicted octanol–water partition coefficient (Wildman–Crippen LogP) is 3.44. The third-order valence-corrected chi connectivity index (χ3v) is 3.62. The zero-order chi connectivity index (χ0) is 17.0. The average Bonchev–Trinajstić information content (AvgIpc) is 2.56. The number of benzene rings is 1. The van der Waals surface area contributed by atoms with Crippen molar-refractivity contribution < 1.29 is 19.1 Å². The average molecular weight is 355 g/mol. The molecule has 1 amide bonds. The lowest BCUT2D eigenvalue weighted by molar-refractivity contribution is 0.0601. The summed E-state index contributed by atoms with van der Waals surface area (Å²) in [5.41, 5.74) is 0.632. The van der Waals surface area contributed by atoms with E-state index >= 15 is 0 Å². The lowest BCUT2D eigenvalue weighted by Gasteiger charge is -2.11. The number of amides is 1. The Morgan fingerprint density at radius 2 is 1.91 bits per heavy atom. The Kier molecular flexibility index (Phi) is 5.41. The maximum absolute atomic E-state index is 12.3. The largest absolute Gasteiger partial charge is 0.497 e. The van der Waals surface area contributed by atoms with Gasteiger partial charge in [-0.25, -0.2) is 9.78 Å². The quantitative estimate of drug-likeness (QED) is 0.672. The Bertz CT molecular complexity index is 765. The number of carbonyl (C=O) groups is 2. The van der Waals surface area contributed by atoms with E-state index in [4.69, 9.17) is 32.7 Å². The fourth-order valence-electron chi connectivity index (χ4n) is 1.78. The zero-order valence-electron chi connectivity index (χ0n) is 12.2. The Balaban J connectivity index is 2.33. The molecule has 0 aliphatic carbocycles. The van der Waals surface area contributed by atoms with Gasteiger partial charge in [0, 0.05) is 6.20 Å². The van der Waals surface area contributed by atoms with Gasteiger partial charge in [-0.2, -0.15) is 0 Å². The number of methoxy groups -OCH3 is 2. The van der Waals surface area contributed by atoms with Gasteiger partial charge < -0.3 is 14.8 Å². The van der Waals surface area contributed by atoms with Gasteiger partial charge in [-0.15, -0.1) is 0 Å². The molecule has 1 aromatic carbocycles. The molecule has 0 saturated heterocycles. The number of anilines is 1. The van der Waals surface area contributed by atoms with E-state index < -0.39 is 11.9 Å². The van der Waals surface area contributed by atoms with E-state index in [0.29, 0.717) is 5.75 Å². The van der Waals surface area contributed by atoms with Gasteiger partial charge in [-0.3, -0.25) is 4.79 Å². The van der Waals surface area contributed by atoms with E-state index in [1.165, 1.54) is 38.6 Å². The van der Waals surface area contributed by atoms with Crippen molar-refractivity contribution in [3.63, 3.8) is 0 Å². The number of halogens is 2. The van der Waals surface area contributed by atoms with Crippen molar-refractivity contribution in [1.82, 2.24) is 4.98 Å². The molecule has 0 saturated carbocycles. The Morgan fingerprint density at radius 1 is 1.17 bits per heavy atom. The third kappa shape index (κ3) is 3.91. The second kappa shape index (κ2) is 7.30. The van der Waals surface area contributed by atoms with Crippen molar-refractivity contribution >= 4 is 40.8 Å². The molecule has 1 N–H and O–H groups in total. The maximum Gasteiger partial charge on any atom is 0.340 e. The van der Waals surface area contributed by atoms with Crippen molar-refractivity contribution in [3.05, 3.63) is 51.8 Å². The van der Waals surface area contributed by atoms with Crippen LogP contribution < -0.4 is 10.1 Å². The second-order valence-corrected chi connectivity index (χ2v) is 5.12. The molecular formula is C15H12Cl2N2O4. The molecule has 0 bridgehead atoms. The van der Waals surface area contributed by atoms with Crippen LogP contribution in [0.2, 0.25) is 10.2 Å². The SMILES string of the molecule is COC(=O)c1cc(OC)ccc1NC(=O)c1cnc(Cl)c(Cl)c1. The van der Waals surface area contributed by atoms with Crippen molar-refractivity contribution in [3.8, 4) is 5.75 Å². The van der Waals surface area contributed by atoms with E-state index in [1.807, 2.05) is 0 Å². The molecule has 0 radical (unpaired) electrons. The molecule has 23 heavy (non-hydrogen) atoms. The molecule has 0 atom stereocenters. The number of hydrogen-bond donors (Lipinski definition) is 1. The highest BCUT2D eigenvalue weighted by Gasteiger charge is 2.17. The normalized spacial score (nSPS) is 10.1.